The summed E-state index contributed by atoms with van der Waals surface area (Å²) in [5.74, 6) is -0.107. The first-order valence-electron chi connectivity index (χ1n) is 5.24. The van der Waals surface area contributed by atoms with Crippen LogP contribution in [0.15, 0.2) is 24.4 Å². The van der Waals surface area contributed by atoms with E-state index >= 15 is 0 Å². The van der Waals surface area contributed by atoms with Gasteiger partial charge in [0.15, 0.2) is 0 Å². The van der Waals surface area contributed by atoms with Gasteiger partial charge in [-0.2, -0.15) is 0 Å². The summed E-state index contributed by atoms with van der Waals surface area (Å²) in [4.78, 5) is 16.0. The average molecular weight is 268 g/mol. The minimum Gasteiger partial charge on any atom is -0.327 e. The monoisotopic (exact) mass is 267 g/mol. The maximum absolute atomic E-state index is 13.0. The molecule has 1 heterocycles. The van der Waals surface area contributed by atoms with Gasteiger partial charge in [-0.3, -0.25) is 4.79 Å². The van der Waals surface area contributed by atoms with Crippen molar-refractivity contribution >= 4 is 23.2 Å². The zero-order chi connectivity index (χ0) is 13.3. The lowest BCUT2D eigenvalue weighted by Gasteiger charge is -2.06. The number of nitrogens with one attached hydrogen (secondary N) is 1. The van der Waals surface area contributed by atoms with Crippen molar-refractivity contribution in [3.8, 4) is 0 Å². The highest BCUT2D eigenvalue weighted by molar-refractivity contribution is 6.31. The molecule has 94 valence electrons. The summed E-state index contributed by atoms with van der Waals surface area (Å²) < 4.78 is 14.6. The van der Waals surface area contributed by atoms with Gasteiger partial charge in [0, 0.05) is 12.7 Å². The number of carbonyl (C=O) groups is 1. The molecule has 2 rings (SSSR count). The summed E-state index contributed by atoms with van der Waals surface area (Å²) in [6, 6.07) is 4.01. The Balaban J connectivity index is 2.21. The predicted molar refractivity (Wildman–Crippen MR) is 67.3 cm³/mol. The zero-order valence-corrected chi connectivity index (χ0v) is 10.6. The second-order valence-corrected chi connectivity index (χ2v) is 4.24. The number of rotatable bonds is 2. The largest absolute Gasteiger partial charge is 0.327 e. The lowest BCUT2D eigenvalue weighted by Crippen LogP contribution is -2.16. The van der Waals surface area contributed by atoms with E-state index < -0.39 is 5.82 Å². The molecule has 18 heavy (non-hydrogen) atoms. The van der Waals surface area contributed by atoms with Crippen LogP contribution in [-0.4, -0.2) is 15.5 Å². The highest BCUT2D eigenvalue weighted by Gasteiger charge is 2.12. The van der Waals surface area contributed by atoms with Gasteiger partial charge in [0.2, 0.25) is 0 Å². The third-order valence-electron chi connectivity index (χ3n) is 2.63. The molecule has 1 N–H and O–H groups in total. The molecule has 2 aromatic rings. The molecule has 1 amide bonds. The molecule has 0 saturated carbocycles. The van der Waals surface area contributed by atoms with Crippen molar-refractivity contribution in [3.05, 3.63) is 46.8 Å². The Bertz CT molecular complexity index is 609. The Morgan fingerprint density at radius 1 is 1.50 bits per heavy atom. The van der Waals surface area contributed by atoms with E-state index in [-0.39, 0.29) is 10.9 Å². The summed E-state index contributed by atoms with van der Waals surface area (Å²) in [5.41, 5.74) is 0.859. The fourth-order valence-electron chi connectivity index (χ4n) is 1.48. The minimum atomic E-state index is -0.522. The van der Waals surface area contributed by atoms with Gasteiger partial charge in [-0.15, -0.1) is 0 Å². The van der Waals surface area contributed by atoms with E-state index in [0.717, 1.165) is 5.82 Å². The minimum absolute atomic E-state index is 0.0333. The third-order valence-corrected chi connectivity index (χ3v) is 2.92. The van der Waals surface area contributed by atoms with Crippen LogP contribution in [0.5, 0.6) is 0 Å². The smallest absolute Gasteiger partial charge is 0.273 e. The van der Waals surface area contributed by atoms with Crippen LogP contribution in [0.4, 0.5) is 10.1 Å². The highest BCUT2D eigenvalue weighted by atomic mass is 35.5. The molecule has 0 radical (unpaired) electrons. The number of imidazole rings is 1. The topological polar surface area (TPSA) is 46.9 Å². The van der Waals surface area contributed by atoms with Crippen molar-refractivity contribution in [1.29, 1.82) is 0 Å². The predicted octanol–water partition coefficient (Wildman–Crippen LogP) is 2.77. The number of carbonyl (C=O) groups excluding carboxylic acids is 1. The molecule has 4 nitrogen and oxygen atoms in total. The molecule has 1 aromatic carbocycles. The number of amides is 1. The van der Waals surface area contributed by atoms with Crippen molar-refractivity contribution < 1.29 is 9.18 Å². The first-order valence-corrected chi connectivity index (χ1v) is 5.61. The SMILES string of the molecule is Cc1ncc(C(=O)Nc2ccc(F)c(Cl)c2)n1C. The fraction of sp³-hybridized carbons (Fsp3) is 0.167. The molecule has 0 saturated heterocycles. The van der Waals surface area contributed by atoms with Crippen LogP contribution in [-0.2, 0) is 7.05 Å². The van der Waals surface area contributed by atoms with E-state index in [9.17, 15) is 9.18 Å². The van der Waals surface area contributed by atoms with Crippen molar-refractivity contribution in [2.45, 2.75) is 6.92 Å². The molecular formula is C12H11ClFN3O. The molecule has 0 bridgehead atoms. The summed E-state index contributed by atoms with van der Waals surface area (Å²) in [7, 11) is 1.74. The number of nitrogens with zero attached hydrogens (tertiary/aromatic N) is 2. The Hall–Kier alpha value is -1.88. The van der Waals surface area contributed by atoms with Gasteiger partial charge in [-0.05, 0) is 25.1 Å². The summed E-state index contributed by atoms with van der Waals surface area (Å²) in [6.07, 6.45) is 1.48. The van der Waals surface area contributed by atoms with Crippen molar-refractivity contribution in [3.63, 3.8) is 0 Å². The van der Waals surface area contributed by atoms with E-state index in [1.165, 1.54) is 24.4 Å². The second-order valence-electron chi connectivity index (χ2n) is 3.83. The van der Waals surface area contributed by atoms with Crippen LogP contribution in [0.3, 0.4) is 0 Å². The number of aromatic nitrogens is 2. The zero-order valence-electron chi connectivity index (χ0n) is 9.87. The molecule has 0 aliphatic heterocycles. The normalized spacial score (nSPS) is 10.4. The van der Waals surface area contributed by atoms with Gasteiger partial charge < -0.3 is 9.88 Å². The van der Waals surface area contributed by atoms with Crippen LogP contribution >= 0.6 is 11.6 Å². The fourth-order valence-corrected chi connectivity index (χ4v) is 1.66. The Morgan fingerprint density at radius 3 is 2.78 bits per heavy atom. The molecule has 0 aliphatic carbocycles. The molecule has 0 fully saturated rings. The van der Waals surface area contributed by atoms with E-state index in [4.69, 9.17) is 11.6 Å². The summed E-state index contributed by atoms with van der Waals surface area (Å²) in [6.45, 7) is 1.80. The lowest BCUT2D eigenvalue weighted by atomic mass is 10.3. The van der Waals surface area contributed by atoms with Crippen LogP contribution in [0, 0.1) is 12.7 Å². The number of hydrogen-bond acceptors (Lipinski definition) is 2. The molecule has 0 aliphatic rings. The average Bonchev–Trinajstić information content (AvgIpc) is 2.65. The van der Waals surface area contributed by atoms with Gasteiger partial charge in [0.25, 0.3) is 5.91 Å². The number of benzene rings is 1. The van der Waals surface area contributed by atoms with E-state index in [1.54, 1.807) is 18.5 Å². The van der Waals surface area contributed by atoms with E-state index in [0.29, 0.717) is 11.4 Å². The quantitative estimate of drug-likeness (QED) is 0.909. The van der Waals surface area contributed by atoms with E-state index in [1.807, 2.05) is 0 Å². The first-order chi connectivity index (χ1) is 8.49. The highest BCUT2D eigenvalue weighted by Crippen LogP contribution is 2.19. The Kier molecular flexibility index (Phi) is 3.34. The van der Waals surface area contributed by atoms with Crippen LogP contribution in [0.2, 0.25) is 5.02 Å². The molecule has 1 aromatic heterocycles. The van der Waals surface area contributed by atoms with E-state index in [2.05, 4.69) is 10.3 Å². The maximum Gasteiger partial charge on any atom is 0.273 e. The van der Waals surface area contributed by atoms with Crippen molar-refractivity contribution in [2.75, 3.05) is 5.32 Å². The Morgan fingerprint density at radius 2 is 2.22 bits per heavy atom. The molecule has 0 atom stereocenters. The van der Waals surface area contributed by atoms with Crippen LogP contribution < -0.4 is 5.32 Å². The number of anilines is 1. The maximum atomic E-state index is 13.0. The molecular weight excluding hydrogens is 257 g/mol. The van der Waals surface area contributed by atoms with Gasteiger partial charge >= 0.3 is 0 Å². The first kappa shape index (κ1) is 12.6. The van der Waals surface area contributed by atoms with Crippen LogP contribution in [0.1, 0.15) is 16.3 Å². The second kappa shape index (κ2) is 4.78. The third kappa shape index (κ3) is 2.36. The standard InChI is InChI=1S/C12H11ClFN3O/c1-7-15-6-11(17(7)2)12(18)16-8-3-4-10(14)9(13)5-8/h3-6H,1-2H3,(H,16,18). The van der Waals surface area contributed by atoms with Crippen molar-refractivity contribution in [2.24, 2.45) is 7.05 Å². The van der Waals surface area contributed by atoms with Crippen LogP contribution in [0.25, 0.3) is 0 Å². The molecule has 0 unspecified atom stereocenters. The van der Waals surface area contributed by atoms with Gasteiger partial charge in [-0.1, -0.05) is 11.6 Å². The van der Waals surface area contributed by atoms with Gasteiger partial charge in [0.1, 0.15) is 17.3 Å². The summed E-state index contributed by atoms with van der Waals surface area (Å²) in [5, 5.41) is 2.60. The molecule has 6 heteroatoms. The lowest BCUT2D eigenvalue weighted by molar-refractivity contribution is 0.101. The number of aryl methyl sites for hydroxylation is 1. The summed E-state index contributed by atoms with van der Waals surface area (Å²) >= 11 is 5.63. The van der Waals surface area contributed by atoms with Crippen molar-refractivity contribution in [1.82, 2.24) is 9.55 Å². The number of halogens is 2. The number of hydrogen-bond donors (Lipinski definition) is 1. The van der Waals surface area contributed by atoms with Gasteiger partial charge in [0.05, 0.1) is 11.2 Å². The Labute approximate surface area is 108 Å². The van der Waals surface area contributed by atoms with Gasteiger partial charge in [-0.25, -0.2) is 9.37 Å². The molecule has 0 spiro atoms.